The summed E-state index contributed by atoms with van der Waals surface area (Å²) in [7, 11) is 0. The predicted molar refractivity (Wildman–Crippen MR) is 127 cm³/mol. The molecule has 1 unspecified atom stereocenters. The largest absolute Gasteiger partial charge is 0.387 e. The summed E-state index contributed by atoms with van der Waals surface area (Å²) < 4.78 is 5.37. The number of nitrogens with one attached hydrogen (secondary N) is 2. The minimum atomic E-state index is -0.854. The van der Waals surface area contributed by atoms with E-state index in [0.717, 1.165) is 51.8 Å². The molecule has 1 aliphatic heterocycles. The van der Waals surface area contributed by atoms with Gasteiger partial charge in [-0.05, 0) is 45.2 Å². The van der Waals surface area contributed by atoms with Crippen molar-refractivity contribution in [1.82, 2.24) is 15.5 Å². The fourth-order valence-electron chi connectivity index (χ4n) is 3.32. The van der Waals surface area contributed by atoms with Gasteiger partial charge in [0.25, 0.3) is 0 Å². The molecule has 160 valence electrons. The van der Waals surface area contributed by atoms with E-state index in [9.17, 15) is 5.11 Å². The Balaban J connectivity index is 0.00000392. The van der Waals surface area contributed by atoms with Gasteiger partial charge in [-0.2, -0.15) is 0 Å². The first-order valence-corrected chi connectivity index (χ1v) is 10.0. The number of nitrogens with zero attached hydrogens (tertiary/aromatic N) is 2. The van der Waals surface area contributed by atoms with Crippen LogP contribution in [-0.2, 0) is 11.2 Å². The number of halogens is 1. The van der Waals surface area contributed by atoms with Crippen molar-refractivity contribution in [1.29, 1.82) is 0 Å². The Morgan fingerprint density at radius 2 is 1.96 bits per heavy atom. The summed E-state index contributed by atoms with van der Waals surface area (Å²) in [5, 5.41) is 17.3. The van der Waals surface area contributed by atoms with E-state index in [1.807, 2.05) is 13.8 Å². The Hall–Kier alpha value is -0.900. The molecule has 1 heterocycles. The van der Waals surface area contributed by atoms with E-state index < -0.39 is 5.60 Å². The number of hydrogen-bond donors (Lipinski definition) is 3. The zero-order chi connectivity index (χ0) is 19.7. The number of ether oxygens (including phenoxy) is 1. The molecule has 0 radical (unpaired) electrons. The van der Waals surface area contributed by atoms with Crippen LogP contribution in [0.25, 0.3) is 0 Å². The smallest absolute Gasteiger partial charge is 0.191 e. The molecule has 0 amide bonds. The van der Waals surface area contributed by atoms with Crippen LogP contribution in [-0.4, -0.2) is 74.0 Å². The normalized spacial score (nSPS) is 17.5. The number of β-amino-alcohol motifs (C(OH)–C–C–N with tert-alkyl or cyclic N) is 1. The molecule has 0 bridgehead atoms. The van der Waals surface area contributed by atoms with Crippen molar-refractivity contribution >= 4 is 29.9 Å². The number of morpholine rings is 1. The highest BCUT2D eigenvalue weighted by Crippen LogP contribution is 2.11. The number of hydrogen-bond acceptors (Lipinski definition) is 4. The lowest BCUT2D eigenvalue weighted by Gasteiger charge is -2.33. The number of aliphatic hydroxyl groups is 1. The van der Waals surface area contributed by atoms with Crippen LogP contribution in [0.2, 0.25) is 0 Å². The Kier molecular flexibility index (Phi) is 11.3. The van der Waals surface area contributed by atoms with Gasteiger partial charge in [-0.1, -0.05) is 23.8 Å². The van der Waals surface area contributed by atoms with E-state index in [2.05, 4.69) is 52.6 Å². The highest BCUT2D eigenvalue weighted by atomic mass is 127. The third kappa shape index (κ3) is 9.07. The van der Waals surface area contributed by atoms with Gasteiger partial charge in [0.05, 0.1) is 25.4 Å². The van der Waals surface area contributed by atoms with Gasteiger partial charge in [-0.3, -0.25) is 9.89 Å². The van der Waals surface area contributed by atoms with E-state index >= 15 is 0 Å². The van der Waals surface area contributed by atoms with E-state index in [1.165, 1.54) is 16.7 Å². The molecule has 1 atom stereocenters. The molecule has 7 heteroatoms. The maximum absolute atomic E-state index is 10.7. The zero-order valence-corrected chi connectivity index (χ0v) is 20.1. The van der Waals surface area contributed by atoms with Gasteiger partial charge in [0.2, 0.25) is 0 Å². The number of aliphatic imine (C=N–C) groups is 1. The summed E-state index contributed by atoms with van der Waals surface area (Å²) >= 11 is 0. The van der Waals surface area contributed by atoms with Crippen molar-refractivity contribution in [2.24, 2.45) is 4.99 Å². The lowest BCUT2D eigenvalue weighted by molar-refractivity contribution is -0.0179. The van der Waals surface area contributed by atoms with Gasteiger partial charge in [-0.25, -0.2) is 0 Å². The first-order chi connectivity index (χ1) is 12.9. The van der Waals surface area contributed by atoms with Gasteiger partial charge < -0.3 is 20.5 Å². The molecule has 0 aliphatic carbocycles. The quantitative estimate of drug-likeness (QED) is 0.288. The summed E-state index contributed by atoms with van der Waals surface area (Å²) in [6.07, 6.45) is 0.945. The standard InChI is InChI=1S/C21H36N4O2.HI/c1-5-22-20(23-9-8-19-7-6-17(2)14-18(19)3)24-15-21(4,26)16-25-10-12-27-13-11-25;/h6-7,14,26H,5,8-13,15-16H2,1-4H3,(H2,22,23,24);1H. The highest BCUT2D eigenvalue weighted by molar-refractivity contribution is 14.0. The van der Waals surface area contributed by atoms with Gasteiger partial charge in [0.1, 0.15) is 0 Å². The Morgan fingerprint density at radius 3 is 2.61 bits per heavy atom. The molecule has 0 aromatic heterocycles. The Bertz CT molecular complexity index is 616. The first-order valence-electron chi connectivity index (χ1n) is 10.0. The summed E-state index contributed by atoms with van der Waals surface area (Å²) in [6, 6.07) is 6.57. The second-order valence-corrected chi connectivity index (χ2v) is 7.69. The number of guanidine groups is 1. The average Bonchev–Trinajstić information content (AvgIpc) is 2.62. The van der Waals surface area contributed by atoms with Crippen molar-refractivity contribution in [2.75, 3.05) is 52.5 Å². The Morgan fingerprint density at radius 1 is 1.25 bits per heavy atom. The maximum atomic E-state index is 10.7. The lowest BCUT2D eigenvalue weighted by atomic mass is 10.0. The monoisotopic (exact) mass is 504 g/mol. The van der Waals surface area contributed by atoms with Crippen LogP contribution >= 0.6 is 24.0 Å². The fourth-order valence-corrected chi connectivity index (χ4v) is 3.32. The molecule has 1 aromatic carbocycles. The molecule has 1 aliphatic rings. The van der Waals surface area contributed by atoms with Crippen LogP contribution < -0.4 is 10.6 Å². The van der Waals surface area contributed by atoms with Crippen molar-refractivity contribution in [3.63, 3.8) is 0 Å². The molecule has 3 N–H and O–H groups in total. The summed E-state index contributed by atoms with van der Waals surface area (Å²) in [5.41, 5.74) is 3.12. The molecule has 1 saturated heterocycles. The third-order valence-corrected chi connectivity index (χ3v) is 4.77. The molecular formula is C21H37IN4O2. The molecule has 1 aromatic rings. The molecule has 1 fully saturated rings. The molecule has 0 spiro atoms. The van der Waals surface area contributed by atoms with Crippen molar-refractivity contribution in [2.45, 2.75) is 39.7 Å². The summed E-state index contributed by atoms with van der Waals surface area (Å²) in [5.74, 6) is 0.754. The molecule has 28 heavy (non-hydrogen) atoms. The predicted octanol–water partition coefficient (Wildman–Crippen LogP) is 2.10. The SMILES string of the molecule is CCNC(=NCC(C)(O)CN1CCOCC1)NCCc1ccc(C)cc1C.I. The van der Waals surface area contributed by atoms with E-state index in [4.69, 9.17) is 4.74 Å². The van der Waals surface area contributed by atoms with Crippen LogP contribution in [0.15, 0.2) is 23.2 Å². The zero-order valence-electron chi connectivity index (χ0n) is 17.8. The van der Waals surface area contributed by atoms with Crippen molar-refractivity contribution in [3.8, 4) is 0 Å². The third-order valence-electron chi connectivity index (χ3n) is 4.77. The molecule has 2 rings (SSSR count). The van der Waals surface area contributed by atoms with E-state index in [-0.39, 0.29) is 24.0 Å². The maximum Gasteiger partial charge on any atom is 0.191 e. The summed E-state index contributed by atoms with van der Waals surface area (Å²) in [4.78, 5) is 6.84. The van der Waals surface area contributed by atoms with E-state index in [1.54, 1.807) is 0 Å². The second kappa shape index (κ2) is 12.6. The average molecular weight is 504 g/mol. The minimum absolute atomic E-state index is 0. The minimum Gasteiger partial charge on any atom is -0.387 e. The van der Waals surface area contributed by atoms with Crippen LogP contribution in [0.1, 0.15) is 30.5 Å². The Labute approximate surface area is 187 Å². The first kappa shape index (κ1) is 25.1. The van der Waals surface area contributed by atoms with Crippen LogP contribution in [0, 0.1) is 13.8 Å². The van der Waals surface area contributed by atoms with Crippen molar-refractivity contribution < 1.29 is 9.84 Å². The van der Waals surface area contributed by atoms with Crippen LogP contribution in [0.3, 0.4) is 0 Å². The van der Waals surface area contributed by atoms with Crippen LogP contribution in [0.5, 0.6) is 0 Å². The lowest BCUT2D eigenvalue weighted by Crippen LogP contribution is -2.48. The molecule has 0 saturated carbocycles. The van der Waals surface area contributed by atoms with Crippen LogP contribution in [0.4, 0.5) is 0 Å². The van der Waals surface area contributed by atoms with Gasteiger partial charge in [-0.15, -0.1) is 24.0 Å². The van der Waals surface area contributed by atoms with E-state index in [0.29, 0.717) is 13.1 Å². The number of rotatable bonds is 8. The molecular weight excluding hydrogens is 467 g/mol. The topological polar surface area (TPSA) is 69.1 Å². The number of aryl methyl sites for hydroxylation is 2. The molecule has 6 nitrogen and oxygen atoms in total. The van der Waals surface area contributed by atoms with Gasteiger partial charge in [0.15, 0.2) is 5.96 Å². The van der Waals surface area contributed by atoms with Crippen molar-refractivity contribution in [3.05, 3.63) is 34.9 Å². The van der Waals surface area contributed by atoms with Gasteiger partial charge >= 0.3 is 0 Å². The second-order valence-electron chi connectivity index (χ2n) is 7.69. The number of benzene rings is 1. The highest BCUT2D eigenvalue weighted by Gasteiger charge is 2.25. The fraction of sp³-hybridized carbons (Fsp3) is 0.667. The summed E-state index contributed by atoms with van der Waals surface area (Å²) in [6.45, 7) is 14.0. The van der Waals surface area contributed by atoms with Gasteiger partial charge in [0, 0.05) is 32.7 Å².